The van der Waals surface area contributed by atoms with E-state index in [1.165, 1.54) is 35.6 Å². The molecular weight excluding hydrogens is 359 g/mol. The number of halogens is 1. The minimum atomic E-state index is -0.433. The number of anilines is 2. The number of carbonyl (C=O) groups is 1. The first kappa shape index (κ1) is 17.6. The number of hydrogen-bond donors (Lipinski definition) is 2. The third-order valence-corrected chi connectivity index (χ3v) is 4.02. The van der Waals surface area contributed by atoms with Gasteiger partial charge in [-0.25, -0.2) is 9.18 Å². The van der Waals surface area contributed by atoms with Crippen LogP contribution < -0.4 is 20.1 Å². The minimum absolute atomic E-state index is 0.172. The SMILES string of the molecule is COc1ccc(NC(=O)Nc2nnc(COc3ccc(F)cc3)s2)cc1. The minimum Gasteiger partial charge on any atom is -0.497 e. The van der Waals surface area contributed by atoms with Crippen molar-refractivity contribution in [2.45, 2.75) is 6.61 Å². The summed E-state index contributed by atoms with van der Waals surface area (Å²) in [5, 5.41) is 14.0. The van der Waals surface area contributed by atoms with Gasteiger partial charge in [-0.05, 0) is 48.5 Å². The Balaban J connectivity index is 1.50. The van der Waals surface area contributed by atoms with Gasteiger partial charge in [-0.2, -0.15) is 0 Å². The number of urea groups is 1. The molecule has 3 rings (SSSR count). The number of aromatic nitrogens is 2. The van der Waals surface area contributed by atoms with Gasteiger partial charge in [-0.3, -0.25) is 5.32 Å². The maximum absolute atomic E-state index is 12.8. The fourth-order valence-corrected chi connectivity index (χ4v) is 2.62. The third kappa shape index (κ3) is 4.90. The van der Waals surface area contributed by atoms with E-state index in [9.17, 15) is 9.18 Å². The topological polar surface area (TPSA) is 85.4 Å². The molecule has 0 bridgehead atoms. The number of methoxy groups -OCH3 is 1. The highest BCUT2D eigenvalue weighted by atomic mass is 32.1. The van der Waals surface area contributed by atoms with Gasteiger partial charge in [0.15, 0.2) is 5.01 Å². The maximum Gasteiger partial charge on any atom is 0.325 e. The molecule has 0 aliphatic carbocycles. The summed E-state index contributed by atoms with van der Waals surface area (Å²) in [5.41, 5.74) is 0.618. The molecule has 0 radical (unpaired) electrons. The standard InChI is InChI=1S/C17H15FN4O3S/c1-24-13-8-4-12(5-9-13)19-16(23)20-17-22-21-15(26-17)10-25-14-6-2-11(18)3-7-14/h2-9H,10H2,1H3,(H2,19,20,22,23). The smallest absolute Gasteiger partial charge is 0.325 e. The van der Waals surface area contributed by atoms with Crippen LogP contribution in [0.2, 0.25) is 0 Å². The molecule has 0 spiro atoms. The lowest BCUT2D eigenvalue weighted by Gasteiger charge is -2.06. The summed E-state index contributed by atoms with van der Waals surface area (Å²) >= 11 is 1.19. The van der Waals surface area contributed by atoms with E-state index in [4.69, 9.17) is 9.47 Å². The second kappa shape index (κ2) is 8.26. The summed E-state index contributed by atoms with van der Waals surface area (Å²) in [6.07, 6.45) is 0. The van der Waals surface area contributed by atoms with Gasteiger partial charge in [-0.1, -0.05) is 11.3 Å². The second-order valence-electron chi connectivity index (χ2n) is 5.05. The Labute approximate surface area is 152 Å². The first-order chi connectivity index (χ1) is 12.6. The summed E-state index contributed by atoms with van der Waals surface area (Å²) < 4.78 is 23.4. The van der Waals surface area contributed by atoms with E-state index in [1.54, 1.807) is 31.4 Å². The molecule has 1 heterocycles. The van der Waals surface area contributed by atoms with Crippen molar-refractivity contribution in [1.82, 2.24) is 10.2 Å². The lowest BCUT2D eigenvalue weighted by Crippen LogP contribution is -2.19. The molecule has 2 aromatic carbocycles. The molecular formula is C17H15FN4O3S. The molecule has 0 aliphatic heterocycles. The number of carbonyl (C=O) groups excluding carboxylic acids is 1. The summed E-state index contributed by atoms with van der Waals surface area (Å²) in [7, 11) is 1.57. The van der Waals surface area contributed by atoms with Crippen LogP contribution in [0, 0.1) is 5.82 Å². The molecule has 26 heavy (non-hydrogen) atoms. The Morgan fingerprint density at radius 3 is 2.42 bits per heavy atom. The van der Waals surface area contributed by atoms with Crippen molar-refractivity contribution in [3.05, 3.63) is 59.4 Å². The first-order valence-corrected chi connectivity index (χ1v) is 8.37. The Morgan fingerprint density at radius 1 is 1.04 bits per heavy atom. The Hall–Kier alpha value is -3.20. The third-order valence-electron chi connectivity index (χ3n) is 3.21. The predicted molar refractivity (Wildman–Crippen MR) is 96.3 cm³/mol. The lowest BCUT2D eigenvalue weighted by molar-refractivity contribution is 0.262. The molecule has 0 unspecified atom stereocenters. The van der Waals surface area contributed by atoms with Gasteiger partial charge in [0.1, 0.15) is 23.9 Å². The first-order valence-electron chi connectivity index (χ1n) is 7.55. The molecule has 9 heteroatoms. The van der Waals surface area contributed by atoms with E-state index >= 15 is 0 Å². The van der Waals surface area contributed by atoms with Crippen molar-refractivity contribution < 1.29 is 18.7 Å². The summed E-state index contributed by atoms with van der Waals surface area (Å²) in [5.74, 6) is 0.891. The number of ether oxygens (including phenoxy) is 2. The van der Waals surface area contributed by atoms with Gasteiger partial charge < -0.3 is 14.8 Å². The fraction of sp³-hybridized carbons (Fsp3) is 0.118. The van der Waals surface area contributed by atoms with Gasteiger partial charge in [-0.15, -0.1) is 10.2 Å². The second-order valence-corrected chi connectivity index (χ2v) is 6.11. The molecule has 1 aromatic heterocycles. The predicted octanol–water partition coefficient (Wildman–Crippen LogP) is 3.91. The summed E-state index contributed by atoms with van der Waals surface area (Å²) in [4.78, 5) is 12.0. The van der Waals surface area contributed by atoms with Crippen LogP contribution in [0.1, 0.15) is 5.01 Å². The number of benzene rings is 2. The molecule has 0 fully saturated rings. The van der Waals surface area contributed by atoms with E-state index in [1.807, 2.05) is 0 Å². The molecule has 3 aromatic rings. The van der Waals surface area contributed by atoms with E-state index in [0.717, 1.165) is 0 Å². The van der Waals surface area contributed by atoms with Gasteiger partial charge in [0.25, 0.3) is 0 Å². The van der Waals surface area contributed by atoms with Gasteiger partial charge in [0, 0.05) is 5.69 Å². The molecule has 0 saturated carbocycles. The van der Waals surface area contributed by atoms with Crippen LogP contribution in [0.3, 0.4) is 0 Å². The summed E-state index contributed by atoms with van der Waals surface area (Å²) in [6.45, 7) is 0.172. The quantitative estimate of drug-likeness (QED) is 0.683. The Kier molecular flexibility index (Phi) is 5.59. The number of amides is 2. The Morgan fingerprint density at radius 2 is 1.73 bits per heavy atom. The highest BCUT2D eigenvalue weighted by molar-refractivity contribution is 7.15. The molecule has 0 atom stereocenters. The molecule has 0 aliphatic rings. The van der Waals surface area contributed by atoms with Crippen LogP contribution in [0.5, 0.6) is 11.5 Å². The highest BCUT2D eigenvalue weighted by Crippen LogP contribution is 2.19. The fourth-order valence-electron chi connectivity index (χ4n) is 1.97. The molecule has 2 N–H and O–H groups in total. The molecule has 0 saturated heterocycles. The van der Waals surface area contributed by atoms with Gasteiger partial charge in [0.2, 0.25) is 5.13 Å². The van der Waals surface area contributed by atoms with Crippen molar-refractivity contribution in [3.63, 3.8) is 0 Å². The van der Waals surface area contributed by atoms with Gasteiger partial charge >= 0.3 is 6.03 Å². The van der Waals surface area contributed by atoms with Crippen LogP contribution in [-0.2, 0) is 6.61 Å². The van der Waals surface area contributed by atoms with Crippen LogP contribution in [0.4, 0.5) is 20.0 Å². The van der Waals surface area contributed by atoms with E-state index in [-0.39, 0.29) is 12.4 Å². The number of nitrogens with zero attached hydrogens (tertiary/aromatic N) is 2. The molecule has 7 nitrogen and oxygen atoms in total. The summed E-state index contributed by atoms with van der Waals surface area (Å²) in [6, 6.07) is 12.2. The largest absolute Gasteiger partial charge is 0.497 e. The lowest BCUT2D eigenvalue weighted by atomic mass is 10.3. The van der Waals surface area contributed by atoms with Crippen molar-refractivity contribution in [3.8, 4) is 11.5 Å². The van der Waals surface area contributed by atoms with E-state index in [0.29, 0.717) is 27.3 Å². The van der Waals surface area contributed by atoms with E-state index < -0.39 is 6.03 Å². The molecule has 2 amide bonds. The van der Waals surface area contributed by atoms with Crippen LogP contribution >= 0.6 is 11.3 Å². The van der Waals surface area contributed by atoms with Crippen LogP contribution in [-0.4, -0.2) is 23.3 Å². The van der Waals surface area contributed by atoms with Crippen LogP contribution in [0.15, 0.2) is 48.5 Å². The van der Waals surface area contributed by atoms with Crippen molar-refractivity contribution >= 4 is 28.2 Å². The van der Waals surface area contributed by atoms with E-state index in [2.05, 4.69) is 20.8 Å². The zero-order valence-electron chi connectivity index (χ0n) is 13.7. The average molecular weight is 374 g/mol. The molecule has 134 valence electrons. The number of nitrogens with one attached hydrogen (secondary N) is 2. The average Bonchev–Trinajstić information content (AvgIpc) is 3.09. The monoisotopic (exact) mass is 374 g/mol. The van der Waals surface area contributed by atoms with Crippen molar-refractivity contribution in [2.75, 3.05) is 17.7 Å². The Bertz CT molecular complexity index is 868. The zero-order valence-corrected chi connectivity index (χ0v) is 14.5. The van der Waals surface area contributed by atoms with Crippen molar-refractivity contribution in [1.29, 1.82) is 0 Å². The zero-order chi connectivity index (χ0) is 18.4. The maximum atomic E-state index is 12.8. The number of rotatable bonds is 6. The van der Waals surface area contributed by atoms with Crippen LogP contribution in [0.25, 0.3) is 0 Å². The number of hydrogen-bond acceptors (Lipinski definition) is 6. The van der Waals surface area contributed by atoms with Gasteiger partial charge in [0.05, 0.1) is 7.11 Å². The van der Waals surface area contributed by atoms with Crippen molar-refractivity contribution in [2.24, 2.45) is 0 Å². The highest BCUT2D eigenvalue weighted by Gasteiger charge is 2.09. The normalized spacial score (nSPS) is 10.2.